The van der Waals surface area contributed by atoms with Crippen LogP contribution in [0.4, 0.5) is 4.79 Å². The molecule has 1 heterocycles. The minimum atomic E-state index is -0.0191. The molecule has 0 aromatic heterocycles. The Balaban J connectivity index is 1.91. The third kappa shape index (κ3) is 5.62. The Morgan fingerprint density at radius 2 is 2.20 bits per heavy atom. The number of nitrogens with one attached hydrogen (secondary N) is 3. The Morgan fingerprint density at radius 3 is 2.87 bits per heavy atom. The number of hydrogen-bond donors (Lipinski definition) is 3. The molecule has 0 aromatic rings. The molecule has 1 fully saturated rings. The van der Waals surface area contributed by atoms with Crippen LogP contribution in [0.25, 0.3) is 0 Å². The maximum atomic E-state index is 11.3. The molecule has 0 saturated carbocycles. The fourth-order valence-corrected chi connectivity index (χ4v) is 1.79. The monoisotopic (exact) mass is 213 g/mol. The van der Waals surface area contributed by atoms with E-state index in [1.807, 2.05) is 0 Å². The SMILES string of the molecule is CCCCNC(=O)NCCC1CCNC1. The largest absolute Gasteiger partial charge is 0.338 e. The van der Waals surface area contributed by atoms with Gasteiger partial charge in [-0.25, -0.2) is 4.79 Å². The van der Waals surface area contributed by atoms with E-state index in [1.54, 1.807) is 0 Å². The van der Waals surface area contributed by atoms with Crippen LogP contribution in [0.5, 0.6) is 0 Å². The summed E-state index contributed by atoms with van der Waals surface area (Å²) in [6.07, 6.45) is 4.52. The van der Waals surface area contributed by atoms with E-state index in [0.717, 1.165) is 51.4 Å². The third-order valence-electron chi connectivity index (χ3n) is 2.82. The fraction of sp³-hybridized carbons (Fsp3) is 0.909. The van der Waals surface area contributed by atoms with Gasteiger partial charge in [0.25, 0.3) is 0 Å². The number of carbonyl (C=O) groups is 1. The van der Waals surface area contributed by atoms with E-state index < -0.39 is 0 Å². The van der Waals surface area contributed by atoms with Crippen molar-refractivity contribution in [3.8, 4) is 0 Å². The van der Waals surface area contributed by atoms with Crippen LogP contribution in [0.3, 0.4) is 0 Å². The zero-order chi connectivity index (χ0) is 10.9. The van der Waals surface area contributed by atoms with Crippen LogP contribution >= 0.6 is 0 Å². The summed E-state index contributed by atoms with van der Waals surface area (Å²) in [6, 6.07) is -0.0191. The molecule has 1 saturated heterocycles. The lowest BCUT2D eigenvalue weighted by atomic mass is 10.1. The minimum absolute atomic E-state index is 0.0191. The van der Waals surface area contributed by atoms with E-state index in [4.69, 9.17) is 0 Å². The highest BCUT2D eigenvalue weighted by Gasteiger charge is 2.13. The van der Waals surface area contributed by atoms with Gasteiger partial charge >= 0.3 is 6.03 Å². The molecule has 4 heteroatoms. The second-order valence-corrected chi connectivity index (χ2v) is 4.18. The van der Waals surface area contributed by atoms with Crippen molar-refractivity contribution in [2.24, 2.45) is 5.92 Å². The Labute approximate surface area is 92.2 Å². The molecule has 1 rings (SSSR count). The molecule has 15 heavy (non-hydrogen) atoms. The summed E-state index contributed by atoms with van der Waals surface area (Å²) < 4.78 is 0. The van der Waals surface area contributed by atoms with Crippen LogP contribution in [-0.4, -0.2) is 32.2 Å². The molecule has 0 aromatic carbocycles. The predicted octanol–water partition coefficient (Wildman–Crippen LogP) is 1.09. The van der Waals surface area contributed by atoms with Gasteiger partial charge in [0.2, 0.25) is 0 Å². The van der Waals surface area contributed by atoms with Gasteiger partial charge in [0.1, 0.15) is 0 Å². The van der Waals surface area contributed by atoms with Crippen molar-refractivity contribution < 1.29 is 4.79 Å². The molecule has 0 spiro atoms. The molecule has 2 amide bonds. The molecule has 4 nitrogen and oxygen atoms in total. The fourth-order valence-electron chi connectivity index (χ4n) is 1.79. The molecular weight excluding hydrogens is 190 g/mol. The summed E-state index contributed by atoms with van der Waals surface area (Å²) in [5, 5.41) is 9.06. The maximum Gasteiger partial charge on any atom is 0.314 e. The van der Waals surface area contributed by atoms with Crippen LogP contribution < -0.4 is 16.0 Å². The zero-order valence-electron chi connectivity index (χ0n) is 9.64. The number of unbranched alkanes of at least 4 members (excludes halogenated alkanes) is 1. The van der Waals surface area contributed by atoms with Gasteiger partial charge in [0.05, 0.1) is 0 Å². The van der Waals surface area contributed by atoms with Crippen molar-refractivity contribution in [2.45, 2.75) is 32.6 Å². The highest BCUT2D eigenvalue weighted by Crippen LogP contribution is 2.10. The van der Waals surface area contributed by atoms with Crippen LogP contribution in [0.2, 0.25) is 0 Å². The van der Waals surface area contributed by atoms with E-state index in [0.29, 0.717) is 0 Å². The van der Waals surface area contributed by atoms with Crippen molar-refractivity contribution in [1.82, 2.24) is 16.0 Å². The Hall–Kier alpha value is -0.770. The first-order valence-electron chi connectivity index (χ1n) is 6.05. The zero-order valence-corrected chi connectivity index (χ0v) is 9.64. The average molecular weight is 213 g/mol. The number of amides is 2. The highest BCUT2D eigenvalue weighted by molar-refractivity contribution is 5.73. The molecule has 1 atom stereocenters. The second-order valence-electron chi connectivity index (χ2n) is 4.18. The van der Waals surface area contributed by atoms with E-state index in [1.165, 1.54) is 6.42 Å². The topological polar surface area (TPSA) is 53.2 Å². The van der Waals surface area contributed by atoms with E-state index in [9.17, 15) is 4.79 Å². The summed E-state index contributed by atoms with van der Waals surface area (Å²) in [7, 11) is 0. The lowest BCUT2D eigenvalue weighted by molar-refractivity contribution is 0.240. The first-order valence-corrected chi connectivity index (χ1v) is 6.05. The Kier molecular flexibility index (Phi) is 6.16. The lowest BCUT2D eigenvalue weighted by Crippen LogP contribution is -2.37. The lowest BCUT2D eigenvalue weighted by Gasteiger charge is -2.10. The summed E-state index contributed by atoms with van der Waals surface area (Å²) >= 11 is 0. The first kappa shape index (κ1) is 12.3. The summed E-state index contributed by atoms with van der Waals surface area (Å²) in [5.74, 6) is 0.751. The summed E-state index contributed by atoms with van der Waals surface area (Å²) in [6.45, 7) is 5.94. The van der Waals surface area contributed by atoms with Gasteiger partial charge in [-0.15, -0.1) is 0 Å². The molecular formula is C11H23N3O. The van der Waals surface area contributed by atoms with Crippen LogP contribution in [0, 0.1) is 5.92 Å². The maximum absolute atomic E-state index is 11.3. The first-order chi connectivity index (χ1) is 7.33. The van der Waals surface area contributed by atoms with Gasteiger partial charge in [-0.3, -0.25) is 0 Å². The van der Waals surface area contributed by atoms with Crippen molar-refractivity contribution in [3.63, 3.8) is 0 Å². The molecule has 88 valence electrons. The normalized spacial score (nSPS) is 20.2. The van der Waals surface area contributed by atoms with Crippen LogP contribution in [-0.2, 0) is 0 Å². The molecule has 3 N–H and O–H groups in total. The van der Waals surface area contributed by atoms with Gasteiger partial charge in [-0.1, -0.05) is 13.3 Å². The van der Waals surface area contributed by atoms with Crippen LogP contribution in [0.1, 0.15) is 32.6 Å². The van der Waals surface area contributed by atoms with E-state index >= 15 is 0 Å². The minimum Gasteiger partial charge on any atom is -0.338 e. The number of hydrogen-bond acceptors (Lipinski definition) is 2. The molecule has 0 radical (unpaired) electrons. The van der Waals surface area contributed by atoms with Crippen molar-refractivity contribution >= 4 is 6.03 Å². The summed E-state index contributed by atoms with van der Waals surface area (Å²) in [5.41, 5.74) is 0. The molecule has 1 aliphatic heterocycles. The van der Waals surface area contributed by atoms with E-state index in [-0.39, 0.29) is 6.03 Å². The highest BCUT2D eigenvalue weighted by atomic mass is 16.2. The number of rotatable bonds is 6. The molecule has 0 aliphatic carbocycles. The summed E-state index contributed by atoms with van der Waals surface area (Å²) in [4.78, 5) is 11.3. The van der Waals surface area contributed by atoms with Gasteiger partial charge < -0.3 is 16.0 Å². The van der Waals surface area contributed by atoms with Crippen molar-refractivity contribution in [3.05, 3.63) is 0 Å². The van der Waals surface area contributed by atoms with Gasteiger partial charge in [-0.2, -0.15) is 0 Å². The standard InChI is InChI=1S/C11H23N3O/c1-2-3-6-13-11(15)14-8-5-10-4-7-12-9-10/h10,12H,2-9H2,1H3,(H2,13,14,15). The van der Waals surface area contributed by atoms with Crippen molar-refractivity contribution in [1.29, 1.82) is 0 Å². The van der Waals surface area contributed by atoms with Crippen LogP contribution in [0.15, 0.2) is 0 Å². The Bertz CT molecular complexity index is 179. The smallest absolute Gasteiger partial charge is 0.314 e. The molecule has 1 unspecified atom stereocenters. The Morgan fingerprint density at radius 1 is 1.40 bits per heavy atom. The molecule has 0 bridgehead atoms. The quantitative estimate of drug-likeness (QED) is 0.578. The second kappa shape index (κ2) is 7.51. The third-order valence-corrected chi connectivity index (χ3v) is 2.82. The van der Waals surface area contributed by atoms with Crippen molar-refractivity contribution in [2.75, 3.05) is 26.2 Å². The predicted molar refractivity (Wildman–Crippen MR) is 61.9 cm³/mol. The van der Waals surface area contributed by atoms with Gasteiger partial charge in [-0.05, 0) is 38.3 Å². The number of urea groups is 1. The average Bonchev–Trinajstić information content (AvgIpc) is 2.71. The van der Waals surface area contributed by atoms with Gasteiger partial charge in [0.15, 0.2) is 0 Å². The number of carbonyl (C=O) groups excluding carboxylic acids is 1. The van der Waals surface area contributed by atoms with Gasteiger partial charge in [0, 0.05) is 13.1 Å². The molecule has 1 aliphatic rings. The van der Waals surface area contributed by atoms with E-state index in [2.05, 4.69) is 22.9 Å².